The molecular formula is C36H38BrNO3. The molecule has 0 unspecified atom stereocenters. The summed E-state index contributed by atoms with van der Waals surface area (Å²) in [5.74, 6) is 0.741. The Hall–Kier alpha value is -3.31. The van der Waals surface area contributed by atoms with Gasteiger partial charge < -0.3 is 4.74 Å². The van der Waals surface area contributed by atoms with E-state index in [2.05, 4.69) is 47.1 Å². The van der Waals surface area contributed by atoms with Gasteiger partial charge in [0.25, 0.3) is 0 Å². The average molecular weight is 613 g/mol. The highest BCUT2D eigenvalue weighted by Crippen LogP contribution is 2.38. The largest absolute Gasteiger partial charge is 0.454 e. The van der Waals surface area contributed by atoms with E-state index in [4.69, 9.17) is 9.72 Å². The van der Waals surface area contributed by atoms with E-state index in [1.54, 1.807) is 30.3 Å². The van der Waals surface area contributed by atoms with E-state index in [0.717, 1.165) is 38.1 Å². The maximum atomic E-state index is 13.3. The molecule has 0 amide bonds. The second-order valence-electron chi connectivity index (χ2n) is 11.4. The molecule has 0 spiro atoms. The van der Waals surface area contributed by atoms with Crippen molar-refractivity contribution in [3.63, 3.8) is 0 Å². The summed E-state index contributed by atoms with van der Waals surface area (Å²) in [5.41, 5.74) is 5.75. The lowest BCUT2D eigenvalue weighted by molar-refractivity contribution is 0.0476. The minimum absolute atomic E-state index is 0.244. The summed E-state index contributed by atoms with van der Waals surface area (Å²) in [7, 11) is 0. The van der Waals surface area contributed by atoms with Gasteiger partial charge in [-0.15, -0.1) is 0 Å². The minimum Gasteiger partial charge on any atom is -0.454 e. The first-order valence-corrected chi connectivity index (χ1v) is 15.7. The Morgan fingerprint density at radius 2 is 1.66 bits per heavy atom. The number of benzene rings is 3. The van der Waals surface area contributed by atoms with E-state index in [0.29, 0.717) is 17.0 Å². The highest BCUT2D eigenvalue weighted by atomic mass is 79.9. The van der Waals surface area contributed by atoms with Gasteiger partial charge in [-0.05, 0) is 73.8 Å². The summed E-state index contributed by atoms with van der Waals surface area (Å²) in [6.07, 6.45) is 10.6. The minimum atomic E-state index is -0.526. The van der Waals surface area contributed by atoms with Crippen LogP contribution in [0.5, 0.6) is 0 Å². The molecule has 4 aromatic rings. The Morgan fingerprint density at radius 3 is 2.37 bits per heavy atom. The molecule has 212 valence electrons. The normalized spacial score (nSPS) is 17.0. The Balaban J connectivity index is 1.32. The molecule has 1 saturated carbocycles. The van der Waals surface area contributed by atoms with Gasteiger partial charge in [0.05, 0.1) is 16.8 Å². The van der Waals surface area contributed by atoms with Gasteiger partial charge in [0.15, 0.2) is 12.4 Å². The molecule has 1 aliphatic carbocycles. The summed E-state index contributed by atoms with van der Waals surface area (Å²) < 4.78 is 6.41. The van der Waals surface area contributed by atoms with Gasteiger partial charge in [-0.3, -0.25) is 4.79 Å². The molecule has 0 atom stereocenters. The van der Waals surface area contributed by atoms with Crippen molar-refractivity contribution in [3.8, 4) is 11.3 Å². The highest BCUT2D eigenvalue weighted by molar-refractivity contribution is 9.10. The predicted molar refractivity (Wildman–Crippen MR) is 170 cm³/mol. The maximum absolute atomic E-state index is 13.3. The highest BCUT2D eigenvalue weighted by Gasteiger charge is 2.23. The van der Waals surface area contributed by atoms with Crippen LogP contribution in [0.1, 0.15) is 96.1 Å². The SMILES string of the molecule is CCCCCC1CCC(c2ccc(-c3cc(C(=O)OCC(=O)c4ccc(Br)cc4)c4cccc(C)c4n3)cc2)CC1. The van der Waals surface area contributed by atoms with Crippen molar-refractivity contribution in [3.05, 3.63) is 99.5 Å². The van der Waals surface area contributed by atoms with Crippen LogP contribution in [0.25, 0.3) is 22.2 Å². The van der Waals surface area contributed by atoms with E-state index in [-0.39, 0.29) is 12.4 Å². The third-order valence-electron chi connectivity index (χ3n) is 8.50. The van der Waals surface area contributed by atoms with Crippen molar-refractivity contribution in [2.24, 2.45) is 5.92 Å². The number of rotatable bonds is 10. The number of ketones is 1. The molecule has 5 rings (SSSR count). The van der Waals surface area contributed by atoms with Crippen molar-refractivity contribution in [1.82, 2.24) is 4.98 Å². The molecule has 1 heterocycles. The van der Waals surface area contributed by atoms with Gasteiger partial charge in [-0.1, -0.05) is 103 Å². The van der Waals surface area contributed by atoms with Crippen LogP contribution in [-0.2, 0) is 4.74 Å². The number of nitrogens with zero attached hydrogens (tertiary/aromatic N) is 1. The second kappa shape index (κ2) is 13.6. The Bertz CT molecular complexity index is 1500. The van der Waals surface area contributed by atoms with Crippen LogP contribution in [0.4, 0.5) is 0 Å². The topological polar surface area (TPSA) is 56.3 Å². The van der Waals surface area contributed by atoms with E-state index in [1.807, 2.05) is 25.1 Å². The zero-order chi connectivity index (χ0) is 28.8. The number of halogens is 1. The van der Waals surface area contributed by atoms with Crippen LogP contribution in [0.2, 0.25) is 0 Å². The fourth-order valence-corrected chi connectivity index (χ4v) is 6.29. The van der Waals surface area contributed by atoms with Crippen LogP contribution in [0.15, 0.2) is 77.3 Å². The molecule has 0 radical (unpaired) electrons. The van der Waals surface area contributed by atoms with Gasteiger partial charge in [-0.2, -0.15) is 0 Å². The summed E-state index contributed by atoms with van der Waals surface area (Å²) in [4.78, 5) is 30.9. The van der Waals surface area contributed by atoms with Crippen molar-refractivity contribution in [1.29, 1.82) is 0 Å². The number of ether oxygens (including phenoxy) is 1. The number of carbonyl (C=O) groups excluding carboxylic acids is 2. The first kappa shape index (κ1) is 29.2. The molecule has 0 aliphatic heterocycles. The third kappa shape index (κ3) is 7.13. The predicted octanol–water partition coefficient (Wildman–Crippen LogP) is 9.87. The molecule has 1 aromatic heterocycles. The number of pyridine rings is 1. The van der Waals surface area contributed by atoms with E-state index in [1.165, 1.54) is 56.9 Å². The number of hydrogen-bond acceptors (Lipinski definition) is 4. The Morgan fingerprint density at radius 1 is 0.927 bits per heavy atom. The standard InChI is InChI=1S/C36H38BrNO3/c1-3-4-5-8-25-10-12-26(13-11-25)27-14-16-28(17-15-27)33-22-32(31-9-6-7-24(2)35(31)38-33)36(40)41-23-34(39)29-18-20-30(37)21-19-29/h6-7,9,14-22,25-26H,3-5,8,10-13,23H2,1-2H3. The number of hydrogen-bond donors (Lipinski definition) is 0. The molecule has 4 nitrogen and oxygen atoms in total. The zero-order valence-corrected chi connectivity index (χ0v) is 25.6. The van der Waals surface area contributed by atoms with Gasteiger partial charge >= 0.3 is 5.97 Å². The van der Waals surface area contributed by atoms with Gasteiger partial charge in [0, 0.05) is 21.0 Å². The lowest BCUT2D eigenvalue weighted by Gasteiger charge is -2.29. The molecule has 1 aliphatic rings. The number of fused-ring (bicyclic) bond motifs is 1. The van der Waals surface area contributed by atoms with Crippen molar-refractivity contribution in [2.75, 3.05) is 6.61 Å². The lowest BCUT2D eigenvalue weighted by Crippen LogP contribution is -2.15. The molecule has 1 fully saturated rings. The average Bonchev–Trinajstić information content (AvgIpc) is 3.00. The number of unbranched alkanes of at least 4 members (excludes halogenated alkanes) is 2. The fourth-order valence-electron chi connectivity index (χ4n) is 6.03. The fraction of sp³-hybridized carbons (Fsp3) is 0.361. The van der Waals surface area contributed by atoms with Gasteiger partial charge in [-0.25, -0.2) is 9.78 Å². The second-order valence-corrected chi connectivity index (χ2v) is 12.3. The number of aromatic nitrogens is 1. The summed E-state index contributed by atoms with van der Waals surface area (Å²) >= 11 is 3.38. The molecular weight excluding hydrogens is 574 g/mol. The third-order valence-corrected chi connectivity index (χ3v) is 9.03. The van der Waals surface area contributed by atoms with Crippen molar-refractivity contribution in [2.45, 2.75) is 71.1 Å². The summed E-state index contributed by atoms with van der Waals surface area (Å²) in [6, 6.07) is 23.3. The van der Waals surface area contributed by atoms with Crippen LogP contribution in [0.3, 0.4) is 0 Å². The molecule has 0 N–H and O–H groups in total. The van der Waals surface area contributed by atoms with Crippen LogP contribution >= 0.6 is 15.9 Å². The Labute approximate surface area is 251 Å². The summed E-state index contributed by atoms with van der Waals surface area (Å²) in [5, 5.41) is 0.724. The smallest absolute Gasteiger partial charge is 0.339 e. The zero-order valence-electron chi connectivity index (χ0n) is 24.0. The van der Waals surface area contributed by atoms with Crippen molar-refractivity contribution < 1.29 is 14.3 Å². The van der Waals surface area contributed by atoms with Crippen LogP contribution in [0, 0.1) is 12.8 Å². The molecule has 0 bridgehead atoms. The van der Waals surface area contributed by atoms with E-state index < -0.39 is 5.97 Å². The number of esters is 1. The number of aryl methyl sites for hydroxylation is 1. The number of para-hydroxylation sites is 1. The van der Waals surface area contributed by atoms with Crippen LogP contribution in [-0.4, -0.2) is 23.3 Å². The molecule has 41 heavy (non-hydrogen) atoms. The van der Waals surface area contributed by atoms with Gasteiger partial charge in [0.1, 0.15) is 0 Å². The molecule has 5 heteroatoms. The van der Waals surface area contributed by atoms with E-state index >= 15 is 0 Å². The first-order chi connectivity index (χ1) is 19.9. The Kier molecular flexibility index (Phi) is 9.66. The monoisotopic (exact) mass is 611 g/mol. The summed E-state index contributed by atoms with van der Waals surface area (Å²) in [6.45, 7) is 3.95. The van der Waals surface area contributed by atoms with Gasteiger partial charge in [0.2, 0.25) is 0 Å². The van der Waals surface area contributed by atoms with Crippen molar-refractivity contribution >= 4 is 38.6 Å². The molecule has 3 aromatic carbocycles. The number of carbonyl (C=O) groups is 2. The quantitative estimate of drug-likeness (QED) is 0.102. The van der Waals surface area contributed by atoms with E-state index in [9.17, 15) is 9.59 Å². The van der Waals surface area contributed by atoms with Crippen LogP contribution < -0.4 is 0 Å². The first-order valence-electron chi connectivity index (χ1n) is 14.9. The molecule has 0 saturated heterocycles. The number of Topliss-reactive ketones (excluding diaryl/α,β-unsaturated/α-hetero) is 1. The lowest BCUT2D eigenvalue weighted by atomic mass is 9.77. The maximum Gasteiger partial charge on any atom is 0.339 e.